The summed E-state index contributed by atoms with van der Waals surface area (Å²) in [6.07, 6.45) is 0.413. The Balaban J connectivity index is 1.47. The monoisotopic (exact) mass is 331 g/mol. The highest BCUT2D eigenvalue weighted by molar-refractivity contribution is 5.84. The molecule has 3 heteroatoms. The first kappa shape index (κ1) is 15.7. The number of rotatable bonds is 3. The molecule has 4 rings (SSSR count). The second kappa shape index (κ2) is 6.60. The fourth-order valence-electron chi connectivity index (χ4n) is 3.44. The van der Waals surface area contributed by atoms with Gasteiger partial charge in [0.15, 0.2) is 6.10 Å². The van der Waals surface area contributed by atoms with Crippen LogP contribution in [-0.2, 0) is 17.8 Å². The zero-order valence-corrected chi connectivity index (χ0v) is 14.3. The number of carbonyl (C=O) groups is 1. The summed E-state index contributed by atoms with van der Waals surface area (Å²) in [5.41, 5.74) is 2.58. The van der Waals surface area contributed by atoms with Gasteiger partial charge in [0.1, 0.15) is 5.75 Å². The van der Waals surface area contributed by atoms with Crippen LogP contribution in [-0.4, -0.2) is 23.5 Å². The molecule has 1 aliphatic rings. The fraction of sp³-hybridized carbons (Fsp3) is 0.227. The minimum absolute atomic E-state index is 0.0441. The molecule has 25 heavy (non-hydrogen) atoms. The van der Waals surface area contributed by atoms with Gasteiger partial charge in [-0.05, 0) is 47.4 Å². The lowest BCUT2D eigenvalue weighted by Gasteiger charge is -2.31. The summed E-state index contributed by atoms with van der Waals surface area (Å²) in [6.45, 7) is 3.25. The van der Waals surface area contributed by atoms with E-state index in [2.05, 4.69) is 30.3 Å². The molecule has 0 aromatic heterocycles. The third kappa shape index (κ3) is 3.22. The van der Waals surface area contributed by atoms with Crippen LogP contribution in [0.25, 0.3) is 10.8 Å². The van der Waals surface area contributed by atoms with Crippen LogP contribution in [0.15, 0.2) is 66.7 Å². The number of benzene rings is 3. The molecule has 0 saturated carbocycles. The van der Waals surface area contributed by atoms with Crippen molar-refractivity contribution >= 4 is 16.7 Å². The van der Waals surface area contributed by atoms with Crippen molar-refractivity contribution in [2.75, 3.05) is 6.54 Å². The number of nitrogens with zero attached hydrogens (tertiary/aromatic N) is 1. The Kier molecular flexibility index (Phi) is 4.14. The summed E-state index contributed by atoms with van der Waals surface area (Å²) in [4.78, 5) is 14.7. The molecular weight excluding hydrogens is 310 g/mol. The highest BCUT2D eigenvalue weighted by Gasteiger charge is 2.25. The van der Waals surface area contributed by atoms with Gasteiger partial charge in [-0.1, -0.05) is 54.6 Å². The van der Waals surface area contributed by atoms with Gasteiger partial charge in [-0.25, -0.2) is 0 Å². The van der Waals surface area contributed by atoms with Crippen LogP contribution in [0.2, 0.25) is 0 Å². The van der Waals surface area contributed by atoms with Crippen molar-refractivity contribution in [2.24, 2.45) is 0 Å². The molecule has 1 heterocycles. The van der Waals surface area contributed by atoms with E-state index in [4.69, 9.17) is 4.74 Å². The van der Waals surface area contributed by atoms with E-state index in [0.29, 0.717) is 6.54 Å². The van der Waals surface area contributed by atoms with Gasteiger partial charge in [-0.2, -0.15) is 0 Å². The maximum atomic E-state index is 12.8. The lowest BCUT2D eigenvalue weighted by molar-refractivity contribution is -0.138. The van der Waals surface area contributed by atoms with E-state index < -0.39 is 6.10 Å². The van der Waals surface area contributed by atoms with Crippen LogP contribution in [0.1, 0.15) is 18.1 Å². The normalized spacial score (nSPS) is 14.8. The van der Waals surface area contributed by atoms with E-state index in [9.17, 15) is 4.79 Å². The Morgan fingerprint density at radius 1 is 0.960 bits per heavy atom. The highest BCUT2D eigenvalue weighted by atomic mass is 16.5. The minimum Gasteiger partial charge on any atom is -0.481 e. The van der Waals surface area contributed by atoms with Gasteiger partial charge in [0.25, 0.3) is 5.91 Å². The van der Waals surface area contributed by atoms with Crippen molar-refractivity contribution in [3.8, 4) is 5.75 Å². The van der Waals surface area contributed by atoms with Crippen LogP contribution >= 0.6 is 0 Å². The number of carbonyl (C=O) groups excluding carboxylic acids is 1. The number of hydrogen-bond donors (Lipinski definition) is 0. The standard InChI is InChI=1S/C22H21NO2/c1-16(25-21-11-10-17-6-2-4-8-19(17)14-21)22(24)23-13-12-18-7-3-5-9-20(18)15-23/h2-11,14,16H,12-13,15H2,1H3/t16-/m0/s1. The molecule has 0 radical (unpaired) electrons. The molecule has 1 atom stereocenters. The first-order valence-corrected chi connectivity index (χ1v) is 8.72. The molecule has 3 nitrogen and oxygen atoms in total. The Hall–Kier alpha value is -2.81. The van der Waals surface area contributed by atoms with E-state index >= 15 is 0 Å². The van der Waals surface area contributed by atoms with Gasteiger partial charge < -0.3 is 9.64 Å². The molecule has 0 saturated heterocycles. The van der Waals surface area contributed by atoms with Gasteiger partial charge in [-0.15, -0.1) is 0 Å². The van der Waals surface area contributed by atoms with Gasteiger partial charge in [-0.3, -0.25) is 4.79 Å². The number of fused-ring (bicyclic) bond motifs is 2. The average Bonchev–Trinajstić information content (AvgIpc) is 2.67. The van der Waals surface area contributed by atoms with E-state index in [1.165, 1.54) is 16.5 Å². The van der Waals surface area contributed by atoms with E-state index in [1.54, 1.807) is 0 Å². The molecule has 3 aromatic carbocycles. The number of ether oxygens (including phenoxy) is 1. The first-order valence-electron chi connectivity index (χ1n) is 8.72. The van der Waals surface area contributed by atoms with Gasteiger partial charge in [0, 0.05) is 13.1 Å². The summed E-state index contributed by atoms with van der Waals surface area (Å²) in [5.74, 6) is 0.777. The van der Waals surface area contributed by atoms with Crippen molar-refractivity contribution < 1.29 is 9.53 Å². The Morgan fingerprint density at radius 3 is 2.52 bits per heavy atom. The molecule has 0 bridgehead atoms. The first-order chi connectivity index (χ1) is 12.2. The fourth-order valence-corrected chi connectivity index (χ4v) is 3.44. The predicted octanol–water partition coefficient (Wildman–Crippen LogP) is 4.19. The van der Waals surface area contributed by atoms with Crippen molar-refractivity contribution in [3.05, 3.63) is 77.9 Å². The molecule has 0 N–H and O–H groups in total. The van der Waals surface area contributed by atoms with Crippen molar-refractivity contribution in [2.45, 2.75) is 26.0 Å². The quantitative estimate of drug-likeness (QED) is 0.720. The minimum atomic E-state index is -0.494. The SMILES string of the molecule is C[C@H](Oc1ccc2ccccc2c1)C(=O)N1CCc2ccccc2C1. The van der Waals surface area contributed by atoms with Gasteiger partial charge in [0.2, 0.25) is 0 Å². The topological polar surface area (TPSA) is 29.5 Å². The Bertz CT molecular complexity index is 919. The summed E-state index contributed by atoms with van der Waals surface area (Å²) < 4.78 is 5.93. The summed E-state index contributed by atoms with van der Waals surface area (Å²) >= 11 is 0. The smallest absolute Gasteiger partial charge is 0.263 e. The zero-order chi connectivity index (χ0) is 17.2. The third-order valence-electron chi connectivity index (χ3n) is 4.82. The Labute approximate surface area is 147 Å². The van der Waals surface area contributed by atoms with Crippen molar-refractivity contribution in [1.82, 2.24) is 4.90 Å². The third-order valence-corrected chi connectivity index (χ3v) is 4.82. The average molecular weight is 331 g/mol. The van der Waals surface area contributed by atoms with Gasteiger partial charge >= 0.3 is 0 Å². The predicted molar refractivity (Wildman–Crippen MR) is 99.6 cm³/mol. The summed E-state index contributed by atoms with van der Waals surface area (Å²) in [5, 5.41) is 2.29. The van der Waals surface area contributed by atoms with Crippen molar-refractivity contribution in [1.29, 1.82) is 0 Å². The van der Waals surface area contributed by atoms with Crippen LogP contribution in [0, 0.1) is 0 Å². The molecule has 0 aliphatic carbocycles. The zero-order valence-electron chi connectivity index (χ0n) is 14.3. The maximum absolute atomic E-state index is 12.8. The van der Waals surface area contributed by atoms with Crippen molar-refractivity contribution in [3.63, 3.8) is 0 Å². The lowest BCUT2D eigenvalue weighted by atomic mass is 9.99. The summed E-state index contributed by atoms with van der Waals surface area (Å²) in [7, 11) is 0. The molecule has 1 amide bonds. The lowest BCUT2D eigenvalue weighted by Crippen LogP contribution is -2.43. The van der Waals surface area contributed by atoms with Crippen LogP contribution < -0.4 is 4.74 Å². The highest BCUT2D eigenvalue weighted by Crippen LogP contribution is 2.23. The van der Waals surface area contributed by atoms with Gasteiger partial charge in [0.05, 0.1) is 0 Å². The molecule has 126 valence electrons. The van der Waals surface area contributed by atoms with Crippen LogP contribution in [0.3, 0.4) is 0 Å². The van der Waals surface area contributed by atoms with E-state index in [-0.39, 0.29) is 5.91 Å². The summed E-state index contributed by atoms with van der Waals surface area (Å²) in [6, 6.07) is 22.4. The largest absolute Gasteiger partial charge is 0.481 e. The molecule has 0 fully saturated rings. The van der Waals surface area contributed by atoms with E-state index in [1.807, 2.05) is 48.2 Å². The number of amides is 1. The molecule has 3 aromatic rings. The Morgan fingerprint density at radius 2 is 1.68 bits per heavy atom. The molecule has 0 unspecified atom stereocenters. The second-order valence-corrected chi connectivity index (χ2v) is 6.55. The second-order valence-electron chi connectivity index (χ2n) is 6.55. The van der Waals surface area contributed by atoms with Crippen LogP contribution in [0.4, 0.5) is 0 Å². The molecule has 1 aliphatic heterocycles. The van der Waals surface area contributed by atoms with E-state index in [0.717, 1.165) is 24.1 Å². The maximum Gasteiger partial charge on any atom is 0.263 e. The van der Waals surface area contributed by atoms with Crippen LogP contribution in [0.5, 0.6) is 5.75 Å². The molecular formula is C22H21NO2. The number of hydrogen-bond acceptors (Lipinski definition) is 2. The molecule has 0 spiro atoms.